The zero-order valence-corrected chi connectivity index (χ0v) is 19.7. The Morgan fingerprint density at radius 3 is 2.48 bits per heavy atom. The Bertz CT molecular complexity index is 1040. The van der Waals surface area contributed by atoms with Crippen LogP contribution in [0.3, 0.4) is 0 Å². The lowest BCUT2D eigenvalue weighted by molar-refractivity contribution is -0.116. The van der Waals surface area contributed by atoms with Crippen LogP contribution >= 0.6 is 0 Å². The van der Waals surface area contributed by atoms with Crippen molar-refractivity contribution < 1.29 is 27.2 Å². The Morgan fingerprint density at radius 1 is 1.12 bits per heavy atom. The van der Waals surface area contributed by atoms with Gasteiger partial charge in [-0.3, -0.25) is 9.59 Å². The van der Waals surface area contributed by atoms with E-state index in [0.29, 0.717) is 45.1 Å². The van der Waals surface area contributed by atoms with Crippen LogP contribution in [0.5, 0.6) is 0 Å². The molecule has 1 aliphatic heterocycles. The standard InChI is InChI=1S/C22H30N4O6S/c1-3-26(4-2)33(29,30)17-7-8-19(25-11-14-31-15-12-25)18(16-17)24-21(27)9-10-23-22(28)20-6-5-13-32-20/h5-8,13,16H,3-4,9-12,14-15H2,1-2H3,(H,23,28)(H,24,27). The molecule has 0 unspecified atom stereocenters. The molecule has 1 aliphatic rings. The number of sulfonamides is 1. The fourth-order valence-electron chi connectivity index (χ4n) is 3.57. The molecule has 0 spiro atoms. The zero-order valence-electron chi connectivity index (χ0n) is 18.9. The van der Waals surface area contributed by atoms with Gasteiger partial charge in [-0.1, -0.05) is 13.8 Å². The van der Waals surface area contributed by atoms with E-state index in [4.69, 9.17) is 9.15 Å². The lowest BCUT2D eigenvalue weighted by Gasteiger charge is -2.31. The first-order valence-corrected chi connectivity index (χ1v) is 12.4. The maximum atomic E-state index is 13.0. The number of benzene rings is 1. The third kappa shape index (κ3) is 6.12. The average molecular weight is 479 g/mol. The highest BCUT2D eigenvalue weighted by Gasteiger charge is 2.24. The Balaban J connectivity index is 1.76. The molecule has 0 saturated carbocycles. The predicted molar refractivity (Wildman–Crippen MR) is 124 cm³/mol. The van der Waals surface area contributed by atoms with Crippen molar-refractivity contribution in [3.8, 4) is 0 Å². The summed E-state index contributed by atoms with van der Waals surface area (Å²) in [5, 5.41) is 5.45. The van der Waals surface area contributed by atoms with E-state index >= 15 is 0 Å². The van der Waals surface area contributed by atoms with Crippen molar-refractivity contribution >= 4 is 33.2 Å². The molecule has 1 fully saturated rings. The number of amides is 2. The molecule has 2 heterocycles. The molecule has 2 N–H and O–H groups in total. The smallest absolute Gasteiger partial charge is 0.286 e. The van der Waals surface area contributed by atoms with E-state index in [1.54, 1.807) is 32.0 Å². The van der Waals surface area contributed by atoms with Crippen molar-refractivity contribution in [1.29, 1.82) is 0 Å². The molecule has 1 aromatic carbocycles. The lowest BCUT2D eigenvalue weighted by atomic mass is 10.2. The molecule has 10 nitrogen and oxygen atoms in total. The summed E-state index contributed by atoms with van der Waals surface area (Å²) in [7, 11) is -3.69. The summed E-state index contributed by atoms with van der Waals surface area (Å²) in [6, 6.07) is 7.92. The van der Waals surface area contributed by atoms with Gasteiger partial charge in [0.1, 0.15) is 0 Å². The molecule has 3 rings (SSSR count). The van der Waals surface area contributed by atoms with E-state index < -0.39 is 15.9 Å². The summed E-state index contributed by atoms with van der Waals surface area (Å²) < 4.78 is 37.8. The molecule has 1 aromatic heterocycles. The van der Waals surface area contributed by atoms with E-state index in [9.17, 15) is 18.0 Å². The van der Waals surface area contributed by atoms with Crippen molar-refractivity contribution in [2.45, 2.75) is 25.2 Å². The summed E-state index contributed by atoms with van der Waals surface area (Å²) in [6.45, 7) is 6.72. The fourth-order valence-corrected chi connectivity index (χ4v) is 5.05. The number of nitrogens with zero attached hydrogens (tertiary/aromatic N) is 2. The lowest BCUT2D eigenvalue weighted by Crippen LogP contribution is -2.37. The highest BCUT2D eigenvalue weighted by molar-refractivity contribution is 7.89. The van der Waals surface area contributed by atoms with E-state index in [2.05, 4.69) is 10.6 Å². The van der Waals surface area contributed by atoms with Crippen LogP contribution in [0.25, 0.3) is 0 Å². The molecule has 0 bridgehead atoms. The molecule has 1 saturated heterocycles. The number of carbonyl (C=O) groups excluding carboxylic acids is 2. The number of rotatable bonds is 10. The van der Waals surface area contributed by atoms with Gasteiger partial charge < -0.3 is 24.7 Å². The molecule has 0 aliphatic carbocycles. The second-order valence-corrected chi connectivity index (χ2v) is 9.34. The minimum absolute atomic E-state index is 0.0159. The first-order valence-electron chi connectivity index (χ1n) is 10.9. The summed E-state index contributed by atoms with van der Waals surface area (Å²) in [5.74, 6) is -0.588. The van der Waals surface area contributed by atoms with Crippen LogP contribution in [0.1, 0.15) is 30.8 Å². The van der Waals surface area contributed by atoms with Gasteiger partial charge in [0.15, 0.2) is 5.76 Å². The van der Waals surface area contributed by atoms with Gasteiger partial charge >= 0.3 is 0 Å². The van der Waals surface area contributed by atoms with Crippen molar-refractivity contribution in [2.75, 3.05) is 56.2 Å². The van der Waals surface area contributed by atoms with Crippen LogP contribution in [-0.2, 0) is 19.6 Å². The van der Waals surface area contributed by atoms with E-state index in [1.807, 2.05) is 4.90 Å². The fraction of sp³-hybridized carbons (Fsp3) is 0.455. The minimum Gasteiger partial charge on any atom is -0.459 e. The summed E-state index contributed by atoms with van der Waals surface area (Å²) in [5.41, 5.74) is 1.14. The second-order valence-electron chi connectivity index (χ2n) is 7.40. The summed E-state index contributed by atoms with van der Waals surface area (Å²) >= 11 is 0. The molecule has 33 heavy (non-hydrogen) atoms. The Labute approximate surface area is 193 Å². The molecular formula is C22H30N4O6S. The average Bonchev–Trinajstić information content (AvgIpc) is 3.35. The number of nitrogens with one attached hydrogen (secondary N) is 2. The van der Waals surface area contributed by atoms with Gasteiger partial charge in [-0.15, -0.1) is 0 Å². The molecule has 180 valence electrons. The summed E-state index contributed by atoms with van der Waals surface area (Å²) in [6.07, 6.45) is 1.41. The van der Waals surface area contributed by atoms with Crippen LogP contribution in [0.15, 0.2) is 45.9 Å². The first kappa shape index (κ1) is 24.7. The molecule has 2 amide bonds. The normalized spacial score (nSPS) is 14.3. The maximum Gasteiger partial charge on any atom is 0.286 e. The highest BCUT2D eigenvalue weighted by atomic mass is 32.2. The number of morpholine rings is 1. The van der Waals surface area contributed by atoms with Crippen LogP contribution in [0, 0.1) is 0 Å². The summed E-state index contributed by atoms with van der Waals surface area (Å²) in [4.78, 5) is 26.8. The van der Waals surface area contributed by atoms with Gasteiger partial charge in [0.2, 0.25) is 15.9 Å². The van der Waals surface area contributed by atoms with Gasteiger partial charge in [-0.05, 0) is 30.3 Å². The SMILES string of the molecule is CCN(CC)S(=O)(=O)c1ccc(N2CCOCC2)c(NC(=O)CCNC(=O)c2ccco2)c1. The quantitative estimate of drug-likeness (QED) is 0.535. The molecular weight excluding hydrogens is 448 g/mol. The first-order chi connectivity index (χ1) is 15.9. The number of hydrogen-bond acceptors (Lipinski definition) is 7. The largest absolute Gasteiger partial charge is 0.459 e. The molecule has 0 atom stereocenters. The Morgan fingerprint density at radius 2 is 1.85 bits per heavy atom. The van der Waals surface area contributed by atoms with Gasteiger partial charge in [-0.25, -0.2) is 8.42 Å². The number of carbonyl (C=O) groups is 2. The molecule has 2 aromatic rings. The van der Waals surface area contributed by atoms with E-state index in [-0.39, 0.29) is 29.5 Å². The predicted octanol–water partition coefficient (Wildman–Crippen LogP) is 1.91. The third-order valence-electron chi connectivity index (χ3n) is 5.32. The van der Waals surface area contributed by atoms with Crippen LogP contribution in [0.2, 0.25) is 0 Å². The number of ether oxygens (including phenoxy) is 1. The van der Waals surface area contributed by atoms with Crippen molar-refractivity contribution in [2.24, 2.45) is 0 Å². The number of anilines is 2. The van der Waals surface area contributed by atoms with Crippen molar-refractivity contribution in [1.82, 2.24) is 9.62 Å². The third-order valence-corrected chi connectivity index (χ3v) is 7.37. The minimum atomic E-state index is -3.69. The van der Waals surface area contributed by atoms with Crippen molar-refractivity contribution in [3.63, 3.8) is 0 Å². The van der Waals surface area contributed by atoms with Crippen LogP contribution < -0.4 is 15.5 Å². The Kier molecular flexibility index (Phi) is 8.48. The zero-order chi connectivity index (χ0) is 23.8. The van der Waals surface area contributed by atoms with Crippen LogP contribution in [-0.4, -0.2) is 70.5 Å². The van der Waals surface area contributed by atoms with Gasteiger partial charge in [-0.2, -0.15) is 4.31 Å². The van der Waals surface area contributed by atoms with Crippen LogP contribution in [0.4, 0.5) is 11.4 Å². The number of furan rings is 1. The number of hydrogen-bond donors (Lipinski definition) is 2. The topological polar surface area (TPSA) is 121 Å². The Hall–Kier alpha value is -2.89. The second kappa shape index (κ2) is 11.3. The highest BCUT2D eigenvalue weighted by Crippen LogP contribution is 2.31. The molecule has 11 heteroatoms. The van der Waals surface area contributed by atoms with E-state index in [1.165, 1.54) is 22.7 Å². The van der Waals surface area contributed by atoms with Gasteiger partial charge in [0.25, 0.3) is 5.91 Å². The molecule has 0 radical (unpaired) electrons. The van der Waals surface area contributed by atoms with E-state index in [0.717, 1.165) is 5.69 Å². The monoisotopic (exact) mass is 478 g/mol. The maximum absolute atomic E-state index is 13.0. The van der Waals surface area contributed by atoms with Gasteiger partial charge in [0, 0.05) is 39.1 Å². The van der Waals surface area contributed by atoms with Gasteiger partial charge in [0.05, 0.1) is 35.7 Å². The van der Waals surface area contributed by atoms with Crippen molar-refractivity contribution in [3.05, 3.63) is 42.4 Å².